The van der Waals surface area contributed by atoms with Crippen molar-refractivity contribution in [3.05, 3.63) is 12.2 Å². The Balaban J connectivity index is 0. The second-order valence-corrected chi connectivity index (χ2v) is 1.48. The molecule has 0 spiro atoms. The quantitative estimate of drug-likeness (QED) is 0.577. The van der Waals surface area contributed by atoms with Gasteiger partial charge in [-0.2, -0.15) is 0 Å². The molecule has 0 saturated heterocycles. The molecule has 0 radical (unpaired) electrons. The van der Waals surface area contributed by atoms with Gasteiger partial charge >= 0.3 is 11.9 Å². The molecule has 0 aromatic rings. The largest absolute Gasteiger partial charge is 0.481 e. The molecule has 0 aromatic carbocycles. The highest BCUT2D eigenvalue weighted by molar-refractivity contribution is 14.0. The minimum absolute atomic E-state index is 0. The van der Waals surface area contributed by atoms with E-state index in [-0.39, 0.29) is 29.5 Å². The first-order valence-corrected chi connectivity index (χ1v) is 2.17. The molecule has 10 heavy (non-hydrogen) atoms. The van der Waals surface area contributed by atoms with Crippen LogP contribution in [-0.4, -0.2) is 22.2 Å². The van der Waals surface area contributed by atoms with E-state index in [1.54, 1.807) is 0 Å². The van der Waals surface area contributed by atoms with Gasteiger partial charge in [-0.15, -0.1) is 24.0 Å². The van der Waals surface area contributed by atoms with Gasteiger partial charge in [-0.3, -0.25) is 4.79 Å². The lowest BCUT2D eigenvalue weighted by Gasteiger charge is -1.91. The molecule has 0 fully saturated rings. The summed E-state index contributed by atoms with van der Waals surface area (Å²) in [6.07, 6.45) is -0.505. The Morgan fingerprint density at radius 2 is 1.70 bits per heavy atom. The van der Waals surface area contributed by atoms with E-state index in [9.17, 15) is 9.59 Å². The molecule has 4 nitrogen and oxygen atoms in total. The average Bonchev–Trinajstić information content (AvgIpc) is 1.63. The van der Waals surface area contributed by atoms with E-state index in [0.29, 0.717) is 0 Å². The third kappa shape index (κ3) is 5.54. The molecule has 2 N–H and O–H groups in total. The highest BCUT2D eigenvalue weighted by Gasteiger charge is 2.07. The van der Waals surface area contributed by atoms with Gasteiger partial charge in [0.05, 0.1) is 6.42 Å². The summed E-state index contributed by atoms with van der Waals surface area (Å²) in [7, 11) is 0. The minimum atomic E-state index is -1.27. The SMILES string of the molecule is C=C(CC(=O)O)C(=O)O.I. The molecule has 58 valence electrons. The fourth-order valence-electron chi connectivity index (χ4n) is 0.258. The monoisotopic (exact) mass is 258 g/mol. The molecule has 0 aromatic heterocycles. The van der Waals surface area contributed by atoms with Gasteiger partial charge in [0.1, 0.15) is 0 Å². The number of carbonyl (C=O) groups is 2. The first-order valence-electron chi connectivity index (χ1n) is 2.17. The van der Waals surface area contributed by atoms with Gasteiger partial charge in [0.15, 0.2) is 0 Å². The Hall–Kier alpha value is -0.590. The summed E-state index contributed by atoms with van der Waals surface area (Å²) < 4.78 is 0. The van der Waals surface area contributed by atoms with E-state index in [2.05, 4.69) is 6.58 Å². The van der Waals surface area contributed by atoms with Crippen molar-refractivity contribution >= 4 is 35.9 Å². The van der Waals surface area contributed by atoms with Crippen molar-refractivity contribution in [1.29, 1.82) is 0 Å². The predicted octanol–water partition coefficient (Wildman–Crippen LogP) is 0.720. The van der Waals surface area contributed by atoms with Crippen LogP contribution in [0.3, 0.4) is 0 Å². The van der Waals surface area contributed by atoms with Crippen molar-refractivity contribution in [3.8, 4) is 0 Å². The van der Waals surface area contributed by atoms with Crippen LogP contribution in [0.25, 0.3) is 0 Å². The van der Waals surface area contributed by atoms with Crippen molar-refractivity contribution in [3.63, 3.8) is 0 Å². The van der Waals surface area contributed by atoms with Gasteiger partial charge < -0.3 is 10.2 Å². The number of hydrogen-bond donors (Lipinski definition) is 2. The van der Waals surface area contributed by atoms with Crippen molar-refractivity contribution in [2.45, 2.75) is 6.42 Å². The fourth-order valence-corrected chi connectivity index (χ4v) is 0.258. The summed E-state index contributed by atoms with van der Waals surface area (Å²) in [5, 5.41) is 16.1. The molecule has 0 amide bonds. The number of rotatable bonds is 3. The molecule has 5 heteroatoms. The van der Waals surface area contributed by atoms with E-state index in [4.69, 9.17) is 10.2 Å². The second-order valence-electron chi connectivity index (χ2n) is 1.48. The number of carboxylic acid groups (broad SMARTS) is 2. The van der Waals surface area contributed by atoms with E-state index < -0.39 is 18.4 Å². The topological polar surface area (TPSA) is 74.6 Å². The first-order chi connectivity index (χ1) is 4.04. The highest BCUT2D eigenvalue weighted by Crippen LogP contribution is 1.95. The van der Waals surface area contributed by atoms with Crippen LogP contribution in [0, 0.1) is 0 Å². The zero-order valence-electron chi connectivity index (χ0n) is 5.03. The van der Waals surface area contributed by atoms with E-state index >= 15 is 0 Å². The fraction of sp³-hybridized carbons (Fsp3) is 0.200. The molecule has 0 aliphatic rings. The average molecular weight is 258 g/mol. The third-order valence-corrected chi connectivity index (χ3v) is 0.667. The summed E-state index contributed by atoms with van der Waals surface area (Å²) in [6.45, 7) is 3.01. The molecule has 0 rings (SSSR count). The lowest BCUT2D eigenvalue weighted by Crippen LogP contribution is -2.04. The molecular weight excluding hydrogens is 251 g/mol. The summed E-state index contributed by atoms with van der Waals surface area (Å²) in [5.41, 5.74) is -0.303. The van der Waals surface area contributed by atoms with Gasteiger partial charge in [-0.1, -0.05) is 6.58 Å². The van der Waals surface area contributed by atoms with Gasteiger partial charge in [0.25, 0.3) is 0 Å². The summed E-state index contributed by atoms with van der Waals surface area (Å²) in [4.78, 5) is 19.7. The Morgan fingerprint density at radius 3 is 1.80 bits per heavy atom. The van der Waals surface area contributed by atoms with E-state index in [0.717, 1.165) is 0 Å². The normalized spacial score (nSPS) is 7.60. The Kier molecular flexibility index (Phi) is 6.32. The van der Waals surface area contributed by atoms with Crippen molar-refractivity contribution in [2.24, 2.45) is 0 Å². The van der Waals surface area contributed by atoms with Crippen molar-refractivity contribution in [2.75, 3.05) is 0 Å². The number of hydrogen-bond acceptors (Lipinski definition) is 2. The molecule has 0 heterocycles. The number of aliphatic carboxylic acids is 2. The van der Waals surface area contributed by atoms with Crippen molar-refractivity contribution < 1.29 is 19.8 Å². The zero-order chi connectivity index (χ0) is 7.44. The van der Waals surface area contributed by atoms with Crippen LogP contribution in [0.2, 0.25) is 0 Å². The van der Waals surface area contributed by atoms with Crippen LogP contribution < -0.4 is 0 Å². The first kappa shape index (κ1) is 12.1. The van der Waals surface area contributed by atoms with Crippen LogP contribution in [0.15, 0.2) is 12.2 Å². The lowest BCUT2D eigenvalue weighted by atomic mass is 10.2. The maximum Gasteiger partial charge on any atom is 0.331 e. The molecule has 0 atom stereocenters. The highest BCUT2D eigenvalue weighted by atomic mass is 127. The van der Waals surface area contributed by atoms with E-state index in [1.807, 2.05) is 0 Å². The Labute approximate surface area is 74.6 Å². The van der Waals surface area contributed by atoms with Crippen LogP contribution in [0.1, 0.15) is 6.42 Å². The summed E-state index contributed by atoms with van der Waals surface area (Å²) in [6, 6.07) is 0. The van der Waals surface area contributed by atoms with Gasteiger partial charge in [-0.05, 0) is 0 Å². The van der Waals surface area contributed by atoms with Crippen LogP contribution in [-0.2, 0) is 9.59 Å². The lowest BCUT2D eigenvalue weighted by molar-refractivity contribution is -0.139. The van der Waals surface area contributed by atoms with Crippen LogP contribution in [0.4, 0.5) is 0 Å². The zero-order valence-corrected chi connectivity index (χ0v) is 7.36. The summed E-state index contributed by atoms with van der Waals surface area (Å²) in [5.74, 6) is -2.44. The van der Waals surface area contributed by atoms with Gasteiger partial charge in [0.2, 0.25) is 0 Å². The molecule has 0 bridgehead atoms. The van der Waals surface area contributed by atoms with Gasteiger partial charge in [-0.25, -0.2) is 4.79 Å². The molecule has 0 aliphatic heterocycles. The molecule has 0 aliphatic carbocycles. The summed E-state index contributed by atoms with van der Waals surface area (Å²) >= 11 is 0. The van der Waals surface area contributed by atoms with Crippen LogP contribution in [0.5, 0.6) is 0 Å². The van der Waals surface area contributed by atoms with Crippen molar-refractivity contribution in [1.82, 2.24) is 0 Å². The Bertz CT molecular complexity index is 163. The number of halogens is 1. The Morgan fingerprint density at radius 1 is 1.30 bits per heavy atom. The smallest absolute Gasteiger partial charge is 0.331 e. The second kappa shape index (κ2) is 5.21. The van der Waals surface area contributed by atoms with Gasteiger partial charge in [0, 0.05) is 5.57 Å². The maximum atomic E-state index is 9.87. The van der Waals surface area contributed by atoms with Crippen LogP contribution >= 0.6 is 24.0 Å². The van der Waals surface area contributed by atoms with E-state index in [1.165, 1.54) is 0 Å². The molecule has 0 saturated carbocycles. The maximum absolute atomic E-state index is 9.87. The minimum Gasteiger partial charge on any atom is -0.481 e. The number of carboxylic acids is 2. The third-order valence-electron chi connectivity index (χ3n) is 0.667. The molecule has 0 unspecified atom stereocenters. The predicted molar refractivity (Wildman–Crippen MR) is 44.4 cm³/mol. The standard InChI is InChI=1S/C5H6O4.HI/c1-3(5(8)9)2-4(6)7;/h1-2H2,(H,6,7)(H,8,9);1H. The molecular formula is C5H7IO4.